The van der Waals surface area contributed by atoms with Crippen molar-refractivity contribution in [1.82, 2.24) is 9.88 Å². The normalized spacial score (nSPS) is 36.2. The van der Waals surface area contributed by atoms with Gasteiger partial charge in [-0.1, -0.05) is 25.2 Å². The fraction of sp³-hybridized carbons (Fsp3) is 0.700. The van der Waals surface area contributed by atoms with Crippen LogP contribution in [0.3, 0.4) is 0 Å². The summed E-state index contributed by atoms with van der Waals surface area (Å²) in [6.45, 7) is 6.47. The molecule has 1 saturated heterocycles. The van der Waals surface area contributed by atoms with Crippen molar-refractivity contribution >= 4 is 40.9 Å². The van der Waals surface area contributed by atoms with Crippen LogP contribution in [-0.4, -0.2) is 46.1 Å². The zero-order chi connectivity index (χ0) is 20.7. The quantitative estimate of drug-likeness (QED) is 0.573. The van der Waals surface area contributed by atoms with Gasteiger partial charge in [0.2, 0.25) is 11.8 Å². The Kier molecular flexibility index (Phi) is 4.30. The molecule has 2 aliphatic carbocycles. The molecular weight excluding hydrogens is 412 g/mol. The molecule has 1 aromatic rings. The van der Waals surface area contributed by atoms with Crippen molar-refractivity contribution in [3.63, 3.8) is 0 Å². The number of H-pyrrole nitrogens is 1. The predicted octanol–water partition coefficient (Wildman–Crippen LogP) is 2.01. The van der Waals surface area contributed by atoms with E-state index in [0.29, 0.717) is 0 Å². The average molecular weight is 437 g/mol. The van der Waals surface area contributed by atoms with E-state index in [1.807, 2.05) is 0 Å². The van der Waals surface area contributed by atoms with E-state index in [-0.39, 0.29) is 82.5 Å². The summed E-state index contributed by atoms with van der Waals surface area (Å²) in [5.41, 5.74) is -0.207. The van der Waals surface area contributed by atoms with Crippen LogP contribution >= 0.6 is 23.1 Å². The second-order valence-electron chi connectivity index (χ2n) is 9.00. The number of hydrogen-bond acceptors (Lipinski definition) is 7. The third-order valence-electron chi connectivity index (χ3n) is 7.33. The lowest BCUT2D eigenvalue weighted by atomic mass is 9.64. The van der Waals surface area contributed by atoms with E-state index in [1.54, 1.807) is 18.7 Å². The van der Waals surface area contributed by atoms with Crippen LogP contribution in [0.5, 0.6) is 0 Å². The summed E-state index contributed by atoms with van der Waals surface area (Å²) in [7, 11) is 0. The summed E-state index contributed by atoms with van der Waals surface area (Å²) in [6.07, 6.45) is 0.940. The Morgan fingerprint density at radius 1 is 1.21 bits per heavy atom. The first-order valence-electron chi connectivity index (χ1n) is 10.2. The third kappa shape index (κ3) is 2.55. The number of thiazole rings is 1. The number of nitrogens with zero attached hydrogens (tertiary/aromatic N) is 1. The van der Waals surface area contributed by atoms with Crippen LogP contribution in [0.15, 0.2) is 9.82 Å². The molecule has 9 heteroatoms. The first-order valence-corrected chi connectivity index (χ1v) is 11.9. The fourth-order valence-electron chi connectivity index (χ4n) is 6.37. The molecule has 7 nitrogen and oxygen atoms in total. The van der Waals surface area contributed by atoms with Crippen molar-refractivity contribution in [3.8, 4) is 0 Å². The number of imide groups is 1. The van der Waals surface area contributed by atoms with E-state index in [2.05, 4.69) is 18.8 Å². The maximum absolute atomic E-state index is 13.2. The number of rotatable bonds is 4. The minimum Gasteiger partial charge on any atom is -0.466 e. The van der Waals surface area contributed by atoms with Gasteiger partial charge >= 0.3 is 10.8 Å². The van der Waals surface area contributed by atoms with Gasteiger partial charge in [0.1, 0.15) is 0 Å². The SMILES string of the molecule is CCOC(=O)CCN1C(=O)[C@H]2[C@H]3C[C@@H]([C@@H]2C1=O)[C@@H]1[C@@H]3Sc2[nH]c(=O)sc2C1(C)C. The number of esters is 1. The highest BCUT2D eigenvalue weighted by molar-refractivity contribution is 8.00. The summed E-state index contributed by atoms with van der Waals surface area (Å²) in [4.78, 5) is 55.3. The number of amides is 2. The maximum Gasteiger partial charge on any atom is 0.307 e. The largest absolute Gasteiger partial charge is 0.466 e. The lowest BCUT2D eigenvalue weighted by molar-refractivity contribution is -0.145. The predicted molar refractivity (Wildman–Crippen MR) is 108 cm³/mol. The molecule has 3 heterocycles. The Hall–Kier alpha value is -1.61. The van der Waals surface area contributed by atoms with Crippen LogP contribution in [0.25, 0.3) is 0 Å². The van der Waals surface area contributed by atoms with Gasteiger partial charge in [0, 0.05) is 22.1 Å². The monoisotopic (exact) mass is 436 g/mol. The number of likely N-dealkylation sites (tertiary alicyclic amines) is 1. The molecule has 2 amide bonds. The number of carbonyl (C=O) groups excluding carboxylic acids is 3. The van der Waals surface area contributed by atoms with Crippen LogP contribution in [0.1, 0.15) is 38.5 Å². The highest BCUT2D eigenvalue weighted by Gasteiger charge is 2.70. The number of nitrogens with one attached hydrogen (secondary N) is 1. The fourth-order valence-corrected chi connectivity index (χ4v) is 9.53. The molecule has 0 unspecified atom stereocenters. The summed E-state index contributed by atoms with van der Waals surface area (Å²) >= 11 is 2.96. The molecular formula is C20H24N2O5S2. The van der Waals surface area contributed by atoms with Gasteiger partial charge in [-0.25, -0.2) is 0 Å². The zero-order valence-corrected chi connectivity index (χ0v) is 18.2. The lowest BCUT2D eigenvalue weighted by Gasteiger charge is -2.47. The molecule has 6 atom stereocenters. The van der Waals surface area contributed by atoms with Gasteiger partial charge in [-0.2, -0.15) is 0 Å². The molecule has 5 rings (SSSR count). The molecule has 0 radical (unpaired) electrons. The second-order valence-corrected chi connectivity index (χ2v) is 11.2. The van der Waals surface area contributed by atoms with Crippen LogP contribution in [0.2, 0.25) is 0 Å². The highest BCUT2D eigenvalue weighted by atomic mass is 32.2. The first-order chi connectivity index (χ1) is 13.8. The Bertz CT molecular complexity index is 966. The van der Waals surface area contributed by atoms with Gasteiger partial charge in [0.15, 0.2) is 0 Å². The minimum atomic E-state index is -0.383. The average Bonchev–Trinajstić information content (AvgIpc) is 3.36. The summed E-state index contributed by atoms with van der Waals surface area (Å²) in [6, 6.07) is 0. The van der Waals surface area contributed by atoms with Gasteiger partial charge in [-0.3, -0.25) is 24.1 Å². The molecule has 2 aliphatic heterocycles. The van der Waals surface area contributed by atoms with Crippen LogP contribution in [0.4, 0.5) is 0 Å². The molecule has 4 aliphatic rings. The van der Waals surface area contributed by atoms with Gasteiger partial charge in [0.05, 0.1) is 29.9 Å². The minimum absolute atomic E-state index is 0.0413. The van der Waals surface area contributed by atoms with E-state index in [9.17, 15) is 19.2 Å². The van der Waals surface area contributed by atoms with E-state index in [4.69, 9.17) is 4.74 Å². The maximum atomic E-state index is 13.2. The summed E-state index contributed by atoms with van der Waals surface area (Å²) < 4.78 is 4.94. The van der Waals surface area contributed by atoms with Crippen molar-refractivity contribution in [2.24, 2.45) is 29.6 Å². The lowest BCUT2D eigenvalue weighted by Crippen LogP contribution is -2.48. The van der Waals surface area contributed by atoms with Gasteiger partial charge in [-0.15, -0.1) is 11.8 Å². The Labute approximate surface area is 176 Å². The molecule has 0 aromatic carbocycles. The number of fused-ring (bicyclic) bond motifs is 9. The van der Waals surface area contributed by atoms with Crippen molar-refractivity contribution in [1.29, 1.82) is 0 Å². The van der Waals surface area contributed by atoms with E-state index < -0.39 is 0 Å². The standard InChI is InChI=1S/C20H24N2O5S2/c1-4-27-10(23)5-6-22-17(24)11-8-7-9(12(11)18(22)25)14-13(8)20(2,3)15-16(28-14)21-19(26)29-15/h8-9,11-14H,4-7H2,1-3H3,(H,21,26)/t8-,9+,11-,12-,13+,14+/m0/s1. The van der Waals surface area contributed by atoms with E-state index in [0.717, 1.165) is 16.3 Å². The molecule has 0 spiro atoms. The summed E-state index contributed by atoms with van der Waals surface area (Å²) in [5, 5.41) is 1.17. The second kappa shape index (κ2) is 6.44. The molecule has 3 fully saturated rings. The number of thioether (sulfide) groups is 1. The number of carbonyl (C=O) groups is 3. The van der Waals surface area contributed by atoms with Gasteiger partial charge in [0.25, 0.3) is 0 Å². The number of aromatic nitrogens is 1. The number of ether oxygens (including phenoxy) is 1. The number of hydrogen-bond donors (Lipinski definition) is 1. The first kappa shape index (κ1) is 19.4. The molecule has 1 aromatic heterocycles. The molecule has 29 heavy (non-hydrogen) atoms. The van der Waals surface area contributed by atoms with E-state index >= 15 is 0 Å². The molecule has 156 valence electrons. The van der Waals surface area contributed by atoms with E-state index in [1.165, 1.54) is 16.2 Å². The molecule has 2 bridgehead atoms. The Morgan fingerprint density at radius 2 is 1.90 bits per heavy atom. The smallest absolute Gasteiger partial charge is 0.307 e. The molecule has 1 N–H and O–H groups in total. The van der Waals surface area contributed by atoms with Crippen molar-refractivity contribution in [3.05, 3.63) is 14.5 Å². The van der Waals surface area contributed by atoms with Crippen molar-refractivity contribution in [2.75, 3.05) is 13.2 Å². The Morgan fingerprint density at radius 3 is 2.59 bits per heavy atom. The van der Waals surface area contributed by atoms with Crippen LogP contribution in [-0.2, 0) is 24.5 Å². The zero-order valence-electron chi connectivity index (χ0n) is 16.6. The number of aromatic amines is 1. The van der Waals surface area contributed by atoms with Crippen molar-refractivity contribution < 1.29 is 19.1 Å². The van der Waals surface area contributed by atoms with Crippen LogP contribution < -0.4 is 4.87 Å². The topological polar surface area (TPSA) is 96.5 Å². The Balaban J connectivity index is 1.43. The highest BCUT2D eigenvalue weighted by Crippen LogP contribution is 2.68. The van der Waals surface area contributed by atoms with Gasteiger partial charge < -0.3 is 9.72 Å². The van der Waals surface area contributed by atoms with Gasteiger partial charge in [-0.05, 0) is 31.1 Å². The van der Waals surface area contributed by atoms with Crippen molar-refractivity contribution in [2.45, 2.75) is 49.3 Å². The molecule has 2 saturated carbocycles. The third-order valence-corrected chi connectivity index (χ3v) is 10.1. The summed E-state index contributed by atoms with van der Waals surface area (Å²) in [5.74, 6) is -0.653. The van der Waals surface area contributed by atoms with Crippen LogP contribution in [0, 0.1) is 29.6 Å².